The van der Waals surface area contributed by atoms with Gasteiger partial charge in [0.15, 0.2) is 0 Å². The van der Waals surface area contributed by atoms with E-state index >= 15 is 0 Å². The summed E-state index contributed by atoms with van der Waals surface area (Å²) < 4.78 is 10.9. The number of amides is 1. The third-order valence-electron chi connectivity index (χ3n) is 7.24. The van der Waals surface area contributed by atoms with Crippen LogP contribution in [-0.4, -0.2) is 105 Å². The number of aliphatic carboxylic acids is 1. The van der Waals surface area contributed by atoms with Crippen molar-refractivity contribution in [2.75, 3.05) is 67.1 Å². The van der Waals surface area contributed by atoms with Crippen molar-refractivity contribution in [3.63, 3.8) is 0 Å². The molecular formula is C33H63N3O6. The predicted octanol–water partition coefficient (Wildman–Crippen LogP) is 6.75. The highest BCUT2D eigenvalue weighted by atomic mass is 16.6. The van der Waals surface area contributed by atoms with Crippen LogP contribution in [0.5, 0.6) is 0 Å². The molecule has 42 heavy (non-hydrogen) atoms. The maximum atomic E-state index is 12.8. The van der Waals surface area contributed by atoms with Crippen LogP contribution in [0.4, 0.5) is 4.79 Å². The molecule has 0 radical (unpaired) electrons. The van der Waals surface area contributed by atoms with Gasteiger partial charge in [0.2, 0.25) is 0 Å². The summed E-state index contributed by atoms with van der Waals surface area (Å²) in [6, 6.07) is 0. The smallest absolute Gasteiger partial charge is 0.409 e. The number of ether oxygens (including phenoxy) is 2. The van der Waals surface area contributed by atoms with Gasteiger partial charge in [-0.2, -0.15) is 0 Å². The summed E-state index contributed by atoms with van der Waals surface area (Å²) in [6.07, 6.45) is 19.7. The topological polar surface area (TPSA) is 99.6 Å². The maximum absolute atomic E-state index is 12.8. The van der Waals surface area contributed by atoms with E-state index in [2.05, 4.69) is 22.8 Å². The fourth-order valence-electron chi connectivity index (χ4n) is 4.46. The summed E-state index contributed by atoms with van der Waals surface area (Å²) in [5.74, 6) is -0.873. The summed E-state index contributed by atoms with van der Waals surface area (Å²) in [6.45, 7) is 6.86. The Balaban J connectivity index is 4.20. The molecule has 0 fully saturated rings. The van der Waals surface area contributed by atoms with E-state index in [-0.39, 0.29) is 18.5 Å². The average Bonchev–Trinajstić information content (AvgIpc) is 2.95. The number of nitrogens with zero attached hydrogens (tertiary/aromatic N) is 3. The number of hydrogen-bond acceptors (Lipinski definition) is 7. The molecule has 0 bridgehead atoms. The number of carbonyl (C=O) groups excluding carboxylic acids is 2. The van der Waals surface area contributed by atoms with Crippen LogP contribution in [0.2, 0.25) is 0 Å². The lowest BCUT2D eigenvalue weighted by molar-refractivity contribution is -0.142. The lowest BCUT2D eigenvalue weighted by Gasteiger charge is -2.24. The predicted molar refractivity (Wildman–Crippen MR) is 171 cm³/mol. The highest BCUT2D eigenvalue weighted by Gasteiger charge is 2.15. The van der Waals surface area contributed by atoms with Gasteiger partial charge in [0.05, 0.1) is 0 Å². The number of carboxylic acids is 1. The van der Waals surface area contributed by atoms with Gasteiger partial charge in [0.1, 0.15) is 13.2 Å². The van der Waals surface area contributed by atoms with Gasteiger partial charge < -0.3 is 29.3 Å². The van der Waals surface area contributed by atoms with Crippen molar-refractivity contribution in [3.05, 3.63) is 12.2 Å². The van der Waals surface area contributed by atoms with Crippen LogP contribution in [0.3, 0.4) is 0 Å². The second-order valence-corrected chi connectivity index (χ2v) is 11.6. The van der Waals surface area contributed by atoms with Crippen molar-refractivity contribution in [1.29, 1.82) is 0 Å². The third kappa shape index (κ3) is 28.0. The van der Waals surface area contributed by atoms with Crippen LogP contribution in [-0.2, 0) is 19.1 Å². The highest BCUT2D eigenvalue weighted by molar-refractivity contribution is 5.69. The molecule has 0 atom stereocenters. The van der Waals surface area contributed by atoms with Crippen LogP contribution in [0.1, 0.15) is 116 Å². The fraction of sp³-hybridized carbons (Fsp3) is 0.848. The van der Waals surface area contributed by atoms with Crippen molar-refractivity contribution in [3.8, 4) is 0 Å². The van der Waals surface area contributed by atoms with Gasteiger partial charge in [-0.1, -0.05) is 76.9 Å². The first-order valence-corrected chi connectivity index (χ1v) is 16.5. The lowest BCUT2D eigenvalue weighted by atomic mass is 10.1. The van der Waals surface area contributed by atoms with Crippen molar-refractivity contribution in [2.45, 2.75) is 116 Å². The molecule has 0 saturated heterocycles. The number of allylic oxidation sites excluding steroid dienone is 1. The Labute approximate surface area is 257 Å². The van der Waals surface area contributed by atoms with Crippen LogP contribution < -0.4 is 0 Å². The van der Waals surface area contributed by atoms with Crippen molar-refractivity contribution < 1.29 is 29.0 Å². The Morgan fingerprint density at radius 1 is 0.643 bits per heavy atom. The fourth-order valence-corrected chi connectivity index (χ4v) is 4.46. The van der Waals surface area contributed by atoms with E-state index in [0.29, 0.717) is 45.7 Å². The first-order valence-electron chi connectivity index (χ1n) is 16.5. The quantitative estimate of drug-likeness (QED) is 0.0574. The van der Waals surface area contributed by atoms with Gasteiger partial charge in [0.25, 0.3) is 0 Å². The summed E-state index contributed by atoms with van der Waals surface area (Å²) in [4.78, 5) is 41.5. The van der Waals surface area contributed by atoms with Crippen LogP contribution >= 0.6 is 0 Å². The molecule has 0 spiro atoms. The molecule has 0 aliphatic heterocycles. The van der Waals surface area contributed by atoms with E-state index in [1.807, 2.05) is 32.1 Å². The van der Waals surface area contributed by atoms with E-state index < -0.39 is 5.97 Å². The van der Waals surface area contributed by atoms with Crippen molar-refractivity contribution in [1.82, 2.24) is 14.7 Å². The number of esters is 1. The largest absolute Gasteiger partial charge is 0.481 e. The Bertz CT molecular complexity index is 701. The minimum absolute atomic E-state index is 0.130. The van der Waals surface area contributed by atoms with Gasteiger partial charge in [-0.15, -0.1) is 0 Å². The Morgan fingerprint density at radius 3 is 1.86 bits per heavy atom. The zero-order valence-electron chi connectivity index (χ0n) is 27.5. The number of hydrogen-bond donors (Lipinski definition) is 1. The minimum atomic E-state index is -0.743. The SMILES string of the molecule is CCCCCC/C=C/COC(=O)CCCCCCCN(CCCCCCCC(=O)O)C(=O)OCCN(C)CCN(C)C. The number of carbonyl (C=O) groups is 3. The molecule has 0 aromatic heterocycles. The molecule has 0 aliphatic rings. The van der Waals surface area contributed by atoms with Crippen molar-refractivity contribution >= 4 is 18.0 Å². The second-order valence-electron chi connectivity index (χ2n) is 11.6. The monoisotopic (exact) mass is 597 g/mol. The lowest BCUT2D eigenvalue weighted by Crippen LogP contribution is -2.36. The average molecular weight is 598 g/mol. The summed E-state index contributed by atoms with van der Waals surface area (Å²) in [5.41, 5.74) is 0. The molecular weight excluding hydrogens is 534 g/mol. The zero-order chi connectivity index (χ0) is 31.3. The first-order chi connectivity index (χ1) is 20.3. The molecule has 0 aromatic rings. The molecule has 0 unspecified atom stereocenters. The molecule has 246 valence electrons. The Hall–Kier alpha value is -2.13. The highest BCUT2D eigenvalue weighted by Crippen LogP contribution is 2.11. The molecule has 0 saturated carbocycles. The third-order valence-corrected chi connectivity index (χ3v) is 7.24. The van der Waals surface area contributed by atoms with E-state index in [1.165, 1.54) is 25.7 Å². The Morgan fingerprint density at radius 2 is 1.24 bits per heavy atom. The van der Waals surface area contributed by atoms with Crippen molar-refractivity contribution in [2.24, 2.45) is 0 Å². The molecule has 0 heterocycles. The summed E-state index contributed by atoms with van der Waals surface area (Å²) >= 11 is 0. The second kappa shape index (κ2) is 29.0. The first kappa shape index (κ1) is 39.9. The standard InChI is InChI=1S/C33H63N3O6/c1-5-6-7-8-9-16-21-29-41-32(39)23-18-13-11-15-20-25-36(24-19-14-10-12-17-22-31(37)38)33(40)42-30-28-35(4)27-26-34(2)3/h16,21H,5-15,17-20,22-30H2,1-4H3,(H,37,38)/b21-16+. The van der Waals surface area contributed by atoms with Crippen LogP contribution in [0.15, 0.2) is 12.2 Å². The van der Waals surface area contributed by atoms with Gasteiger partial charge >= 0.3 is 18.0 Å². The molecule has 9 nitrogen and oxygen atoms in total. The molecule has 1 amide bonds. The minimum Gasteiger partial charge on any atom is -0.481 e. The van der Waals surface area contributed by atoms with Gasteiger partial charge in [0, 0.05) is 45.6 Å². The number of likely N-dealkylation sites (N-methyl/N-ethyl adjacent to an activating group) is 2. The van der Waals surface area contributed by atoms with Crippen LogP contribution in [0, 0.1) is 0 Å². The molecule has 0 aromatic carbocycles. The van der Waals surface area contributed by atoms with E-state index in [1.54, 1.807) is 0 Å². The number of unbranched alkanes of at least 4 members (excludes halogenated alkanes) is 12. The van der Waals surface area contributed by atoms with E-state index in [4.69, 9.17) is 14.6 Å². The Kier molecular flexibility index (Phi) is 27.5. The van der Waals surface area contributed by atoms with Crippen LogP contribution in [0.25, 0.3) is 0 Å². The normalized spacial score (nSPS) is 11.5. The number of carboxylic acid groups (broad SMARTS) is 1. The molecule has 1 N–H and O–H groups in total. The zero-order valence-corrected chi connectivity index (χ0v) is 27.5. The number of rotatable bonds is 29. The molecule has 0 rings (SSSR count). The molecule has 9 heteroatoms. The van der Waals surface area contributed by atoms with Gasteiger partial charge in [-0.25, -0.2) is 4.79 Å². The molecule has 0 aliphatic carbocycles. The summed E-state index contributed by atoms with van der Waals surface area (Å²) in [5, 5.41) is 8.77. The van der Waals surface area contributed by atoms with E-state index in [9.17, 15) is 14.4 Å². The van der Waals surface area contributed by atoms with E-state index in [0.717, 1.165) is 77.3 Å². The maximum Gasteiger partial charge on any atom is 0.409 e. The van der Waals surface area contributed by atoms with Gasteiger partial charge in [-0.05, 0) is 59.7 Å². The summed E-state index contributed by atoms with van der Waals surface area (Å²) in [7, 11) is 6.12. The van der Waals surface area contributed by atoms with Gasteiger partial charge in [-0.3, -0.25) is 9.59 Å².